The Hall–Kier alpha value is -4.77. The van der Waals surface area contributed by atoms with Crippen LogP contribution >= 0.6 is 0 Å². The van der Waals surface area contributed by atoms with Crippen LogP contribution < -0.4 is 28.7 Å². The lowest BCUT2D eigenvalue weighted by molar-refractivity contribution is -0.119. The molecule has 5 rings (SSSR count). The molecule has 4 aromatic carbocycles. The van der Waals surface area contributed by atoms with E-state index in [-0.39, 0.29) is 22.1 Å². The van der Waals surface area contributed by atoms with Gasteiger partial charge in [0, 0.05) is 17.7 Å². The maximum absolute atomic E-state index is 14.0. The van der Waals surface area contributed by atoms with Crippen LogP contribution in [-0.4, -0.2) is 55.5 Å². The van der Waals surface area contributed by atoms with Crippen molar-refractivity contribution >= 4 is 38.6 Å². The zero-order valence-corrected chi connectivity index (χ0v) is 24.5. The molecule has 1 aliphatic rings. The van der Waals surface area contributed by atoms with Gasteiger partial charge in [-0.25, -0.2) is 13.8 Å². The summed E-state index contributed by atoms with van der Waals surface area (Å²) in [6.45, 7) is -0.596. The minimum absolute atomic E-state index is 0.110. The largest absolute Gasteiger partial charge is 0.497 e. The number of carbonyl (C=O) groups is 1. The molecular formula is C31H31N3O7S. The lowest BCUT2D eigenvalue weighted by atomic mass is 10.0. The number of amides is 1. The number of ether oxygens (including phenoxy) is 4. The van der Waals surface area contributed by atoms with E-state index in [1.165, 1.54) is 69.2 Å². The molecule has 42 heavy (non-hydrogen) atoms. The summed E-state index contributed by atoms with van der Waals surface area (Å²) in [7, 11) is 1.41. The number of hydrogen-bond donors (Lipinski definition) is 1. The van der Waals surface area contributed by atoms with Gasteiger partial charge in [0.15, 0.2) is 11.5 Å². The van der Waals surface area contributed by atoms with E-state index in [2.05, 4.69) is 22.7 Å². The van der Waals surface area contributed by atoms with Gasteiger partial charge in [-0.1, -0.05) is 30.3 Å². The highest BCUT2D eigenvalue weighted by molar-refractivity contribution is 7.92. The maximum atomic E-state index is 14.0. The van der Waals surface area contributed by atoms with Crippen LogP contribution in [0.5, 0.6) is 23.0 Å². The van der Waals surface area contributed by atoms with Crippen LogP contribution in [-0.2, 0) is 27.7 Å². The van der Waals surface area contributed by atoms with Gasteiger partial charge in [0.25, 0.3) is 15.9 Å². The van der Waals surface area contributed by atoms with E-state index < -0.39 is 22.5 Å². The summed E-state index contributed by atoms with van der Waals surface area (Å²) >= 11 is 0. The second-order valence-electron chi connectivity index (χ2n) is 9.51. The predicted octanol–water partition coefficient (Wildman–Crippen LogP) is 4.32. The van der Waals surface area contributed by atoms with Gasteiger partial charge in [0.05, 0.1) is 45.2 Å². The van der Waals surface area contributed by atoms with E-state index in [0.717, 1.165) is 28.1 Å². The van der Waals surface area contributed by atoms with Gasteiger partial charge in [-0.2, -0.15) is 5.10 Å². The van der Waals surface area contributed by atoms with E-state index >= 15 is 0 Å². The van der Waals surface area contributed by atoms with Crippen LogP contribution in [0.25, 0.3) is 10.8 Å². The second kappa shape index (κ2) is 12.0. The Morgan fingerprint density at radius 2 is 1.57 bits per heavy atom. The first-order valence-electron chi connectivity index (χ1n) is 13.1. The predicted molar refractivity (Wildman–Crippen MR) is 161 cm³/mol. The number of rotatable bonds is 11. The summed E-state index contributed by atoms with van der Waals surface area (Å²) < 4.78 is 50.4. The Morgan fingerprint density at radius 3 is 2.29 bits per heavy atom. The third-order valence-electron chi connectivity index (χ3n) is 7.19. The van der Waals surface area contributed by atoms with Crippen molar-refractivity contribution in [1.82, 2.24) is 5.43 Å². The Kier molecular flexibility index (Phi) is 8.21. The molecule has 1 aliphatic carbocycles. The average molecular weight is 590 g/mol. The van der Waals surface area contributed by atoms with Crippen LogP contribution in [0.4, 0.5) is 5.69 Å². The van der Waals surface area contributed by atoms with Crippen molar-refractivity contribution in [2.45, 2.75) is 17.7 Å². The highest BCUT2D eigenvalue weighted by Crippen LogP contribution is 2.37. The summed E-state index contributed by atoms with van der Waals surface area (Å²) in [6.07, 6.45) is 3.57. The second-order valence-corrected chi connectivity index (χ2v) is 11.4. The molecule has 11 heteroatoms. The van der Waals surface area contributed by atoms with E-state index in [9.17, 15) is 13.2 Å². The first kappa shape index (κ1) is 28.7. The normalized spacial score (nSPS) is 12.4. The number of hydrogen-bond acceptors (Lipinski definition) is 8. The van der Waals surface area contributed by atoms with E-state index in [1.807, 2.05) is 18.2 Å². The van der Waals surface area contributed by atoms with Crippen molar-refractivity contribution in [3.05, 3.63) is 83.4 Å². The number of hydrazone groups is 1. The molecule has 1 amide bonds. The summed E-state index contributed by atoms with van der Waals surface area (Å²) in [6, 6.07) is 19.1. The highest BCUT2D eigenvalue weighted by Gasteiger charge is 2.31. The van der Waals surface area contributed by atoms with Crippen LogP contribution in [0, 0.1) is 0 Å². The molecule has 0 radical (unpaired) electrons. The first-order chi connectivity index (χ1) is 20.3. The number of nitrogens with zero attached hydrogens (tertiary/aromatic N) is 2. The lowest BCUT2D eigenvalue weighted by Crippen LogP contribution is -2.39. The standard InChI is InChI=1S/C31H31N3O7S/c1-38-23-12-14-27(39-2)26(16-23)34(42(36,37)24-13-15-28(40-3)29(17-24)41-4)19-30(35)33-32-18-22-11-10-21-9-8-20-6-5-7-25(22)31(20)21/h5-7,10-18H,8-9,19H2,1-4H3,(H,33,35)/b32-18-. The lowest BCUT2D eigenvalue weighted by Gasteiger charge is -2.26. The van der Waals surface area contributed by atoms with E-state index in [1.54, 1.807) is 18.3 Å². The average Bonchev–Trinajstić information content (AvgIpc) is 3.44. The Morgan fingerprint density at radius 1 is 0.857 bits per heavy atom. The SMILES string of the molecule is COc1ccc(OC)c(N(CC(=O)N/N=C\c2ccc3c4c(cccc24)CC3)S(=O)(=O)c2ccc(OC)c(OC)c2)c1. The Bertz CT molecular complexity index is 1780. The number of aryl methyl sites for hydroxylation is 2. The summed E-state index contributed by atoms with van der Waals surface area (Å²) in [5, 5.41) is 6.44. The third kappa shape index (κ3) is 5.42. The van der Waals surface area contributed by atoms with Crippen LogP contribution in [0.2, 0.25) is 0 Å². The van der Waals surface area contributed by atoms with Gasteiger partial charge >= 0.3 is 0 Å². The summed E-state index contributed by atoms with van der Waals surface area (Å²) in [5.74, 6) is 0.520. The molecule has 0 fully saturated rings. The molecule has 218 valence electrons. The molecule has 1 N–H and O–H groups in total. The zero-order chi connectivity index (χ0) is 29.9. The van der Waals surface area contributed by atoms with Gasteiger partial charge in [-0.3, -0.25) is 9.10 Å². The molecule has 0 saturated heterocycles. The molecule has 0 spiro atoms. The van der Waals surface area contributed by atoms with Crippen molar-refractivity contribution in [2.75, 3.05) is 39.3 Å². The molecule has 10 nitrogen and oxygen atoms in total. The van der Waals surface area contributed by atoms with Gasteiger partial charge in [0.2, 0.25) is 0 Å². The van der Waals surface area contributed by atoms with Crippen molar-refractivity contribution in [3.8, 4) is 23.0 Å². The first-order valence-corrected chi connectivity index (χ1v) is 14.6. The molecule has 0 atom stereocenters. The van der Waals surface area contributed by atoms with Crippen molar-refractivity contribution in [3.63, 3.8) is 0 Å². The van der Waals surface area contributed by atoms with Gasteiger partial charge in [0.1, 0.15) is 18.0 Å². The molecule has 0 heterocycles. The molecule has 0 saturated carbocycles. The van der Waals surface area contributed by atoms with Crippen LogP contribution in [0.1, 0.15) is 16.7 Å². The van der Waals surface area contributed by atoms with Gasteiger partial charge < -0.3 is 18.9 Å². The maximum Gasteiger partial charge on any atom is 0.265 e. The molecule has 0 aromatic heterocycles. The fourth-order valence-electron chi connectivity index (χ4n) is 5.12. The highest BCUT2D eigenvalue weighted by atomic mass is 32.2. The van der Waals surface area contributed by atoms with Gasteiger partial charge in [-0.05, 0) is 59.0 Å². The minimum atomic E-state index is -4.32. The molecule has 0 unspecified atom stereocenters. The van der Waals surface area contributed by atoms with Gasteiger partial charge in [-0.15, -0.1) is 0 Å². The quantitative estimate of drug-likeness (QED) is 0.205. The van der Waals surface area contributed by atoms with E-state index in [0.29, 0.717) is 11.5 Å². The number of carbonyl (C=O) groups excluding carboxylic acids is 1. The van der Waals surface area contributed by atoms with Crippen LogP contribution in [0.15, 0.2) is 76.7 Å². The minimum Gasteiger partial charge on any atom is -0.497 e. The monoisotopic (exact) mass is 589 g/mol. The smallest absolute Gasteiger partial charge is 0.265 e. The number of nitrogens with one attached hydrogen (secondary N) is 1. The van der Waals surface area contributed by atoms with Crippen molar-refractivity contribution in [2.24, 2.45) is 5.10 Å². The van der Waals surface area contributed by atoms with Crippen molar-refractivity contribution in [1.29, 1.82) is 0 Å². The zero-order valence-electron chi connectivity index (χ0n) is 23.7. The van der Waals surface area contributed by atoms with Crippen molar-refractivity contribution < 1.29 is 32.2 Å². The fraction of sp³-hybridized carbons (Fsp3) is 0.226. The summed E-state index contributed by atoms with van der Waals surface area (Å²) in [5.41, 5.74) is 6.03. The molecular weight excluding hydrogens is 558 g/mol. The number of methoxy groups -OCH3 is 4. The topological polar surface area (TPSA) is 116 Å². The van der Waals surface area contributed by atoms with E-state index in [4.69, 9.17) is 18.9 Å². The number of anilines is 1. The fourth-order valence-corrected chi connectivity index (χ4v) is 6.56. The third-order valence-corrected chi connectivity index (χ3v) is 8.94. The number of sulfonamides is 1. The Labute approximate surface area is 244 Å². The van der Waals surface area contributed by atoms with Crippen LogP contribution in [0.3, 0.4) is 0 Å². The summed E-state index contributed by atoms with van der Waals surface area (Å²) in [4.78, 5) is 13.1. The molecule has 0 aliphatic heterocycles. The molecule has 4 aromatic rings. The number of benzene rings is 4. The molecule has 0 bridgehead atoms. The Balaban J connectivity index is 1.47.